The monoisotopic (exact) mass is 594 g/mol. The number of carbonyl (C=O) groups is 1. The fourth-order valence-corrected chi connectivity index (χ4v) is 3.81. The minimum Gasteiger partial charge on any atom is -0.490 e. The van der Waals surface area contributed by atoms with Crippen molar-refractivity contribution in [2.75, 3.05) is 11.9 Å². The maximum atomic E-state index is 12.7. The second kappa shape index (κ2) is 12.9. The molecule has 0 radical (unpaired) electrons. The van der Waals surface area contributed by atoms with E-state index in [1.54, 1.807) is 30.4 Å². The summed E-state index contributed by atoms with van der Waals surface area (Å²) in [6, 6.07) is 20.7. The minimum atomic E-state index is -0.492. The smallest absolute Gasteiger partial charge is 0.266 e. The first-order valence-electron chi connectivity index (χ1n) is 10.9. The van der Waals surface area contributed by atoms with Crippen LogP contribution in [0.5, 0.6) is 11.5 Å². The van der Waals surface area contributed by atoms with Gasteiger partial charge in [-0.2, -0.15) is 5.26 Å². The standard InChI is InChI=1S/C28H24Br2N2O3/c1-3-5-21-14-20(15-22(17-31)28(33)32-25-12-10-24(30)11-13-25)16-26(34-4-2)27(21)35-18-19-6-8-23(29)9-7-19/h3,6-16H,1,4-5,18H2,2H3,(H,32,33)/b22-15-. The third kappa shape index (κ3) is 7.57. The van der Waals surface area contributed by atoms with Gasteiger partial charge in [-0.25, -0.2) is 0 Å². The van der Waals surface area contributed by atoms with E-state index in [9.17, 15) is 10.1 Å². The Morgan fingerprint density at radius 1 is 1.06 bits per heavy atom. The number of rotatable bonds is 10. The molecule has 0 spiro atoms. The van der Waals surface area contributed by atoms with E-state index >= 15 is 0 Å². The average molecular weight is 596 g/mol. The number of anilines is 1. The van der Waals surface area contributed by atoms with Crippen LogP contribution in [0.2, 0.25) is 0 Å². The Kier molecular flexibility index (Phi) is 9.71. The molecule has 3 rings (SSSR count). The molecular weight excluding hydrogens is 572 g/mol. The van der Waals surface area contributed by atoms with Gasteiger partial charge in [0.2, 0.25) is 0 Å². The summed E-state index contributed by atoms with van der Waals surface area (Å²) in [7, 11) is 0. The van der Waals surface area contributed by atoms with Gasteiger partial charge in [-0.1, -0.05) is 50.1 Å². The number of amides is 1. The van der Waals surface area contributed by atoms with E-state index in [2.05, 4.69) is 43.8 Å². The number of nitriles is 1. The molecule has 1 amide bonds. The van der Waals surface area contributed by atoms with E-state index in [4.69, 9.17) is 9.47 Å². The van der Waals surface area contributed by atoms with Gasteiger partial charge in [0.15, 0.2) is 11.5 Å². The van der Waals surface area contributed by atoms with Crippen molar-refractivity contribution in [3.05, 3.63) is 105 Å². The fourth-order valence-electron chi connectivity index (χ4n) is 3.28. The van der Waals surface area contributed by atoms with Crippen molar-refractivity contribution in [1.82, 2.24) is 0 Å². The number of hydrogen-bond donors (Lipinski definition) is 1. The van der Waals surface area contributed by atoms with Crippen molar-refractivity contribution in [2.24, 2.45) is 0 Å². The lowest BCUT2D eigenvalue weighted by Gasteiger charge is -2.17. The van der Waals surface area contributed by atoms with E-state index in [-0.39, 0.29) is 5.57 Å². The molecule has 35 heavy (non-hydrogen) atoms. The maximum Gasteiger partial charge on any atom is 0.266 e. The maximum absolute atomic E-state index is 12.7. The van der Waals surface area contributed by atoms with Crippen LogP contribution >= 0.6 is 31.9 Å². The van der Waals surface area contributed by atoms with Crippen LogP contribution in [0.15, 0.2) is 87.8 Å². The number of allylic oxidation sites excluding steroid dienone is 1. The Bertz CT molecular complexity index is 1260. The summed E-state index contributed by atoms with van der Waals surface area (Å²) in [5, 5.41) is 12.4. The number of carbonyl (C=O) groups excluding carboxylic acids is 1. The molecule has 0 aliphatic heterocycles. The third-order valence-electron chi connectivity index (χ3n) is 4.89. The molecule has 178 valence electrons. The highest BCUT2D eigenvalue weighted by Crippen LogP contribution is 2.35. The number of ether oxygens (including phenoxy) is 2. The van der Waals surface area contributed by atoms with Crippen LogP contribution in [0, 0.1) is 11.3 Å². The lowest BCUT2D eigenvalue weighted by Crippen LogP contribution is -2.13. The first kappa shape index (κ1) is 26.3. The molecule has 0 unspecified atom stereocenters. The van der Waals surface area contributed by atoms with Crippen molar-refractivity contribution in [1.29, 1.82) is 5.26 Å². The second-order valence-electron chi connectivity index (χ2n) is 7.48. The lowest BCUT2D eigenvalue weighted by molar-refractivity contribution is -0.112. The molecule has 7 heteroatoms. The Labute approximate surface area is 222 Å². The number of hydrogen-bond acceptors (Lipinski definition) is 4. The fraction of sp³-hybridized carbons (Fsp3) is 0.143. The summed E-state index contributed by atoms with van der Waals surface area (Å²) < 4.78 is 13.9. The molecule has 0 heterocycles. The zero-order chi connectivity index (χ0) is 25.2. The number of halogens is 2. The summed E-state index contributed by atoms with van der Waals surface area (Å²) >= 11 is 6.80. The highest BCUT2D eigenvalue weighted by molar-refractivity contribution is 9.10. The Hall–Kier alpha value is -3.34. The van der Waals surface area contributed by atoms with Crippen molar-refractivity contribution >= 4 is 49.5 Å². The topological polar surface area (TPSA) is 71.4 Å². The van der Waals surface area contributed by atoms with Crippen molar-refractivity contribution in [2.45, 2.75) is 20.0 Å². The third-order valence-corrected chi connectivity index (χ3v) is 5.95. The summed E-state index contributed by atoms with van der Waals surface area (Å²) in [5.74, 6) is 0.666. The molecule has 0 aromatic heterocycles. The second-order valence-corrected chi connectivity index (χ2v) is 9.31. The van der Waals surface area contributed by atoms with Gasteiger partial charge in [0.25, 0.3) is 5.91 Å². The largest absolute Gasteiger partial charge is 0.490 e. The van der Waals surface area contributed by atoms with Crippen LogP contribution in [0.1, 0.15) is 23.6 Å². The highest BCUT2D eigenvalue weighted by Gasteiger charge is 2.15. The predicted molar refractivity (Wildman–Crippen MR) is 146 cm³/mol. The minimum absolute atomic E-state index is 0.0246. The molecule has 3 aromatic rings. The van der Waals surface area contributed by atoms with Crippen molar-refractivity contribution in [3.63, 3.8) is 0 Å². The van der Waals surface area contributed by atoms with Crippen LogP contribution < -0.4 is 14.8 Å². The molecule has 0 saturated carbocycles. The quantitative estimate of drug-likeness (QED) is 0.150. The predicted octanol–water partition coefficient (Wildman–Crippen LogP) is 7.46. The van der Waals surface area contributed by atoms with Gasteiger partial charge in [-0.15, -0.1) is 6.58 Å². The van der Waals surface area contributed by atoms with Gasteiger partial charge >= 0.3 is 0 Å². The van der Waals surface area contributed by atoms with Crippen LogP contribution in [-0.4, -0.2) is 12.5 Å². The lowest BCUT2D eigenvalue weighted by atomic mass is 10.0. The van der Waals surface area contributed by atoms with E-state index in [1.165, 1.54) is 0 Å². The van der Waals surface area contributed by atoms with Crippen LogP contribution in [0.4, 0.5) is 5.69 Å². The summed E-state index contributed by atoms with van der Waals surface area (Å²) in [4.78, 5) is 12.7. The van der Waals surface area contributed by atoms with Crippen LogP contribution in [0.25, 0.3) is 6.08 Å². The molecule has 0 atom stereocenters. The highest BCUT2D eigenvalue weighted by atomic mass is 79.9. The molecule has 0 aliphatic rings. The van der Waals surface area contributed by atoms with E-state index in [0.29, 0.717) is 42.4 Å². The zero-order valence-corrected chi connectivity index (χ0v) is 22.4. The number of benzene rings is 3. The van der Waals surface area contributed by atoms with Gasteiger partial charge in [-0.3, -0.25) is 4.79 Å². The number of nitrogens with one attached hydrogen (secondary N) is 1. The molecule has 0 saturated heterocycles. The van der Waals surface area contributed by atoms with Gasteiger partial charge < -0.3 is 14.8 Å². The summed E-state index contributed by atoms with van der Waals surface area (Å²) in [6.45, 7) is 6.54. The Morgan fingerprint density at radius 2 is 1.71 bits per heavy atom. The van der Waals surface area contributed by atoms with Crippen molar-refractivity contribution < 1.29 is 14.3 Å². The van der Waals surface area contributed by atoms with Gasteiger partial charge in [0, 0.05) is 20.2 Å². The van der Waals surface area contributed by atoms with Gasteiger partial charge in [0.05, 0.1) is 6.61 Å². The van der Waals surface area contributed by atoms with E-state index in [0.717, 1.165) is 20.1 Å². The Balaban J connectivity index is 1.91. The van der Waals surface area contributed by atoms with E-state index in [1.807, 2.05) is 55.5 Å². The number of nitrogens with zero attached hydrogens (tertiary/aromatic N) is 1. The molecule has 0 fully saturated rings. The SMILES string of the molecule is C=CCc1cc(/C=C(/C#N)C(=O)Nc2ccc(Br)cc2)cc(OCC)c1OCc1ccc(Br)cc1. The van der Waals surface area contributed by atoms with Crippen LogP contribution in [-0.2, 0) is 17.8 Å². The summed E-state index contributed by atoms with van der Waals surface area (Å²) in [5.41, 5.74) is 3.09. The van der Waals surface area contributed by atoms with Gasteiger partial charge in [0.1, 0.15) is 18.2 Å². The molecule has 0 aliphatic carbocycles. The van der Waals surface area contributed by atoms with Crippen molar-refractivity contribution in [3.8, 4) is 17.6 Å². The van der Waals surface area contributed by atoms with Gasteiger partial charge in [-0.05, 0) is 79.1 Å². The summed E-state index contributed by atoms with van der Waals surface area (Å²) in [6.07, 6.45) is 3.85. The van der Waals surface area contributed by atoms with Crippen LogP contribution in [0.3, 0.4) is 0 Å². The van der Waals surface area contributed by atoms with E-state index < -0.39 is 5.91 Å². The Morgan fingerprint density at radius 3 is 2.31 bits per heavy atom. The first-order chi connectivity index (χ1) is 16.9. The molecule has 0 bridgehead atoms. The normalized spacial score (nSPS) is 10.9. The average Bonchev–Trinajstić information content (AvgIpc) is 2.85. The first-order valence-corrected chi connectivity index (χ1v) is 12.5. The molecule has 5 nitrogen and oxygen atoms in total. The molecule has 1 N–H and O–H groups in total. The molecule has 3 aromatic carbocycles. The zero-order valence-electron chi connectivity index (χ0n) is 19.2. The molecular formula is C28H24Br2N2O3.